The second-order valence-corrected chi connectivity index (χ2v) is 5.17. The molecule has 2 N–H and O–H groups in total. The summed E-state index contributed by atoms with van der Waals surface area (Å²) in [5.41, 5.74) is 6.38. The molecule has 0 aliphatic heterocycles. The molecule has 1 aliphatic rings. The minimum Gasteiger partial charge on any atom is -0.325 e. The SMILES string of the molecule is NC1(Cc2cccc(F)c2F)CCCCCC1. The molecule has 0 amide bonds. The first-order chi connectivity index (χ1) is 8.11. The maximum Gasteiger partial charge on any atom is 0.162 e. The molecule has 17 heavy (non-hydrogen) atoms. The zero-order valence-corrected chi connectivity index (χ0v) is 10.0. The van der Waals surface area contributed by atoms with Gasteiger partial charge in [0.15, 0.2) is 11.6 Å². The Hall–Kier alpha value is -0.960. The molecule has 3 heteroatoms. The Bertz CT molecular complexity index is 382. The molecule has 0 bridgehead atoms. The number of hydrogen-bond acceptors (Lipinski definition) is 1. The van der Waals surface area contributed by atoms with E-state index >= 15 is 0 Å². The highest BCUT2D eigenvalue weighted by molar-refractivity contribution is 5.21. The molecule has 1 aromatic rings. The summed E-state index contributed by atoms with van der Waals surface area (Å²) >= 11 is 0. The summed E-state index contributed by atoms with van der Waals surface area (Å²) in [4.78, 5) is 0. The van der Waals surface area contributed by atoms with Crippen molar-refractivity contribution in [2.24, 2.45) is 5.73 Å². The van der Waals surface area contributed by atoms with Crippen molar-refractivity contribution in [2.45, 2.75) is 50.5 Å². The van der Waals surface area contributed by atoms with Crippen LogP contribution in [0.25, 0.3) is 0 Å². The topological polar surface area (TPSA) is 26.0 Å². The first kappa shape index (κ1) is 12.5. The van der Waals surface area contributed by atoms with Crippen molar-refractivity contribution in [3.8, 4) is 0 Å². The predicted octanol–water partition coefficient (Wildman–Crippen LogP) is 3.56. The maximum atomic E-state index is 13.6. The highest BCUT2D eigenvalue weighted by Crippen LogP contribution is 2.29. The standard InChI is InChI=1S/C14H19F2N/c15-12-7-5-6-11(13(12)16)10-14(17)8-3-1-2-4-9-14/h5-7H,1-4,8-10,17H2. The number of halogens is 2. The van der Waals surface area contributed by atoms with Crippen molar-refractivity contribution >= 4 is 0 Å². The summed E-state index contributed by atoms with van der Waals surface area (Å²) in [5, 5.41) is 0. The number of rotatable bonds is 2. The quantitative estimate of drug-likeness (QED) is 0.785. The third kappa shape index (κ3) is 3.03. The van der Waals surface area contributed by atoms with Crippen molar-refractivity contribution in [1.82, 2.24) is 0 Å². The van der Waals surface area contributed by atoms with Gasteiger partial charge in [0.2, 0.25) is 0 Å². The van der Waals surface area contributed by atoms with Crippen LogP contribution in [0.5, 0.6) is 0 Å². The summed E-state index contributed by atoms with van der Waals surface area (Å²) in [6.07, 6.45) is 6.83. The zero-order valence-electron chi connectivity index (χ0n) is 10.0. The van der Waals surface area contributed by atoms with Gasteiger partial charge in [-0.1, -0.05) is 37.8 Å². The van der Waals surface area contributed by atoms with E-state index in [0.717, 1.165) is 31.7 Å². The van der Waals surface area contributed by atoms with Crippen LogP contribution in [0.15, 0.2) is 18.2 Å². The summed E-state index contributed by atoms with van der Waals surface area (Å²) in [6, 6.07) is 4.33. The Morgan fingerprint density at radius 1 is 1.06 bits per heavy atom. The summed E-state index contributed by atoms with van der Waals surface area (Å²) in [5.74, 6) is -1.51. The lowest BCUT2D eigenvalue weighted by Gasteiger charge is -2.28. The highest BCUT2D eigenvalue weighted by Gasteiger charge is 2.27. The van der Waals surface area contributed by atoms with E-state index in [1.165, 1.54) is 12.8 Å². The molecule has 0 heterocycles. The van der Waals surface area contributed by atoms with Crippen LogP contribution in [0.4, 0.5) is 8.78 Å². The minimum atomic E-state index is -0.778. The fourth-order valence-corrected chi connectivity index (χ4v) is 2.67. The van der Waals surface area contributed by atoms with Crippen molar-refractivity contribution < 1.29 is 8.78 Å². The molecule has 94 valence electrons. The molecule has 0 spiro atoms. The molecule has 1 aromatic carbocycles. The second kappa shape index (κ2) is 5.13. The molecule has 0 radical (unpaired) electrons. The van der Waals surface area contributed by atoms with E-state index in [1.54, 1.807) is 12.1 Å². The predicted molar refractivity (Wildman–Crippen MR) is 64.7 cm³/mol. The average molecular weight is 239 g/mol. The largest absolute Gasteiger partial charge is 0.325 e. The van der Waals surface area contributed by atoms with Gasteiger partial charge in [0.05, 0.1) is 0 Å². The lowest BCUT2D eigenvalue weighted by molar-refractivity contribution is 0.361. The van der Waals surface area contributed by atoms with E-state index in [-0.39, 0.29) is 5.54 Å². The van der Waals surface area contributed by atoms with Gasteiger partial charge in [-0.15, -0.1) is 0 Å². The molecule has 1 aliphatic carbocycles. The molecule has 0 saturated heterocycles. The third-order valence-corrected chi connectivity index (χ3v) is 3.67. The number of nitrogens with two attached hydrogens (primary N) is 1. The van der Waals surface area contributed by atoms with Gasteiger partial charge in [0, 0.05) is 5.54 Å². The Balaban J connectivity index is 2.15. The highest BCUT2D eigenvalue weighted by atomic mass is 19.2. The average Bonchev–Trinajstić information content (AvgIpc) is 2.50. The van der Waals surface area contributed by atoms with Crippen LogP contribution < -0.4 is 5.73 Å². The van der Waals surface area contributed by atoms with E-state index in [1.807, 2.05) is 0 Å². The monoisotopic (exact) mass is 239 g/mol. The molecule has 0 unspecified atom stereocenters. The van der Waals surface area contributed by atoms with Crippen LogP contribution in [0.3, 0.4) is 0 Å². The Morgan fingerprint density at radius 3 is 2.35 bits per heavy atom. The molecule has 0 aromatic heterocycles. The first-order valence-electron chi connectivity index (χ1n) is 6.32. The fraction of sp³-hybridized carbons (Fsp3) is 0.571. The molecule has 2 rings (SSSR count). The van der Waals surface area contributed by atoms with Crippen LogP contribution in [0.1, 0.15) is 44.1 Å². The Morgan fingerprint density at radius 2 is 1.71 bits per heavy atom. The summed E-state index contributed by atoms with van der Waals surface area (Å²) < 4.78 is 26.7. The van der Waals surface area contributed by atoms with E-state index in [2.05, 4.69) is 0 Å². The van der Waals surface area contributed by atoms with Gasteiger partial charge in [-0.25, -0.2) is 8.78 Å². The van der Waals surface area contributed by atoms with Gasteiger partial charge in [-0.3, -0.25) is 0 Å². The number of benzene rings is 1. The lowest BCUT2D eigenvalue weighted by atomic mass is 9.85. The van der Waals surface area contributed by atoms with E-state index in [9.17, 15) is 8.78 Å². The van der Waals surface area contributed by atoms with E-state index < -0.39 is 11.6 Å². The van der Waals surface area contributed by atoms with Crippen molar-refractivity contribution in [2.75, 3.05) is 0 Å². The smallest absolute Gasteiger partial charge is 0.162 e. The zero-order chi connectivity index (χ0) is 12.3. The van der Waals surface area contributed by atoms with Crippen molar-refractivity contribution in [3.63, 3.8) is 0 Å². The first-order valence-corrected chi connectivity index (χ1v) is 6.32. The lowest BCUT2D eigenvalue weighted by Crippen LogP contribution is -2.41. The third-order valence-electron chi connectivity index (χ3n) is 3.67. The molecule has 1 saturated carbocycles. The maximum absolute atomic E-state index is 13.6. The van der Waals surface area contributed by atoms with Crippen LogP contribution in [0, 0.1) is 11.6 Å². The van der Waals surface area contributed by atoms with E-state index in [0.29, 0.717) is 12.0 Å². The van der Waals surface area contributed by atoms with Gasteiger partial charge in [0.25, 0.3) is 0 Å². The minimum absolute atomic E-state index is 0.356. The molecule has 1 fully saturated rings. The summed E-state index contributed by atoms with van der Waals surface area (Å²) in [7, 11) is 0. The van der Waals surface area contributed by atoms with Gasteiger partial charge in [-0.05, 0) is 30.9 Å². The second-order valence-electron chi connectivity index (χ2n) is 5.17. The normalized spacial score (nSPS) is 19.9. The van der Waals surface area contributed by atoms with Crippen LogP contribution in [-0.2, 0) is 6.42 Å². The number of hydrogen-bond donors (Lipinski definition) is 1. The Kier molecular flexibility index (Phi) is 3.77. The molecule has 0 atom stereocenters. The van der Waals surface area contributed by atoms with Crippen LogP contribution in [-0.4, -0.2) is 5.54 Å². The van der Waals surface area contributed by atoms with Crippen LogP contribution in [0.2, 0.25) is 0 Å². The van der Waals surface area contributed by atoms with Crippen molar-refractivity contribution in [3.05, 3.63) is 35.4 Å². The van der Waals surface area contributed by atoms with E-state index in [4.69, 9.17) is 5.73 Å². The summed E-state index contributed by atoms with van der Waals surface area (Å²) in [6.45, 7) is 0. The van der Waals surface area contributed by atoms with Gasteiger partial charge < -0.3 is 5.73 Å². The van der Waals surface area contributed by atoms with Crippen LogP contribution >= 0.6 is 0 Å². The fourth-order valence-electron chi connectivity index (χ4n) is 2.67. The Labute approximate surface area is 101 Å². The van der Waals surface area contributed by atoms with Gasteiger partial charge in [-0.2, -0.15) is 0 Å². The molecule has 1 nitrogen and oxygen atoms in total. The van der Waals surface area contributed by atoms with Crippen molar-refractivity contribution in [1.29, 1.82) is 0 Å². The molecular formula is C14H19F2N. The molecular weight excluding hydrogens is 220 g/mol. The van der Waals surface area contributed by atoms with Gasteiger partial charge in [0.1, 0.15) is 0 Å². The van der Waals surface area contributed by atoms with Gasteiger partial charge >= 0.3 is 0 Å².